The van der Waals surface area contributed by atoms with Crippen molar-refractivity contribution in [3.05, 3.63) is 12.3 Å². The number of hydrogen-bond donors (Lipinski definition) is 2. The monoisotopic (exact) mass is 266 g/mol. The van der Waals surface area contributed by atoms with Gasteiger partial charge >= 0.3 is 0 Å². The average Bonchev–Trinajstić information content (AvgIpc) is 3.12. The number of anilines is 1. The van der Waals surface area contributed by atoms with Crippen LogP contribution in [0.5, 0.6) is 0 Å². The van der Waals surface area contributed by atoms with Gasteiger partial charge in [-0.15, -0.1) is 11.8 Å². The van der Waals surface area contributed by atoms with Crippen LogP contribution in [0, 0.1) is 0 Å². The highest BCUT2D eigenvalue weighted by molar-refractivity contribution is 8.00. The lowest BCUT2D eigenvalue weighted by Crippen LogP contribution is -2.23. The normalized spacial score (nSPS) is 27.6. The lowest BCUT2D eigenvalue weighted by Gasteiger charge is -2.09. The Morgan fingerprint density at radius 3 is 3.22 bits per heavy atom. The maximum Gasteiger partial charge on any atom is 0.238 e. The molecular formula is C12H18N4OS. The van der Waals surface area contributed by atoms with E-state index in [2.05, 4.69) is 15.7 Å². The van der Waals surface area contributed by atoms with Crippen LogP contribution >= 0.6 is 11.8 Å². The molecule has 0 spiro atoms. The second-order valence-corrected chi connectivity index (χ2v) is 6.13. The van der Waals surface area contributed by atoms with Crippen LogP contribution in [0.1, 0.15) is 25.3 Å². The van der Waals surface area contributed by atoms with Crippen molar-refractivity contribution in [3.8, 4) is 0 Å². The molecule has 98 valence electrons. The van der Waals surface area contributed by atoms with E-state index in [9.17, 15) is 4.79 Å². The van der Waals surface area contributed by atoms with Crippen LogP contribution in [-0.2, 0) is 4.79 Å². The van der Waals surface area contributed by atoms with Crippen molar-refractivity contribution in [1.82, 2.24) is 15.1 Å². The van der Waals surface area contributed by atoms with Crippen molar-refractivity contribution in [2.45, 2.75) is 30.6 Å². The van der Waals surface area contributed by atoms with Crippen molar-refractivity contribution >= 4 is 23.5 Å². The first kappa shape index (κ1) is 12.0. The summed E-state index contributed by atoms with van der Waals surface area (Å²) in [7, 11) is 0. The maximum absolute atomic E-state index is 12.0. The lowest BCUT2D eigenvalue weighted by molar-refractivity contribution is -0.115. The fraction of sp³-hybridized carbons (Fsp3) is 0.667. The van der Waals surface area contributed by atoms with Gasteiger partial charge in [-0.2, -0.15) is 5.10 Å². The van der Waals surface area contributed by atoms with Gasteiger partial charge in [0.1, 0.15) is 0 Å². The van der Waals surface area contributed by atoms with Crippen molar-refractivity contribution in [3.63, 3.8) is 0 Å². The van der Waals surface area contributed by atoms with E-state index in [1.54, 1.807) is 11.8 Å². The zero-order chi connectivity index (χ0) is 12.4. The lowest BCUT2D eigenvalue weighted by atomic mass is 10.2. The minimum atomic E-state index is 0.104. The van der Waals surface area contributed by atoms with Crippen molar-refractivity contribution in [2.75, 3.05) is 24.2 Å². The molecule has 1 aromatic heterocycles. The number of hydrogen-bond acceptors (Lipinski definition) is 4. The first-order valence-electron chi connectivity index (χ1n) is 6.51. The Labute approximate surface area is 111 Å². The summed E-state index contributed by atoms with van der Waals surface area (Å²) in [5, 5.41) is 10.8. The van der Waals surface area contributed by atoms with Crippen LogP contribution < -0.4 is 10.6 Å². The molecule has 0 aromatic carbocycles. The first-order valence-corrected chi connectivity index (χ1v) is 7.56. The van der Waals surface area contributed by atoms with E-state index >= 15 is 0 Å². The van der Waals surface area contributed by atoms with Crippen LogP contribution in [0.2, 0.25) is 0 Å². The molecule has 5 nitrogen and oxygen atoms in total. The van der Waals surface area contributed by atoms with E-state index in [0.29, 0.717) is 11.9 Å². The van der Waals surface area contributed by atoms with Gasteiger partial charge in [0.2, 0.25) is 5.91 Å². The molecule has 0 unspecified atom stereocenters. The van der Waals surface area contributed by atoms with Gasteiger partial charge in [0, 0.05) is 18.8 Å². The molecule has 2 aliphatic heterocycles. The fourth-order valence-corrected chi connectivity index (χ4v) is 3.63. The summed E-state index contributed by atoms with van der Waals surface area (Å²) >= 11 is 1.75. The van der Waals surface area contributed by atoms with E-state index in [1.807, 2.05) is 16.9 Å². The number of amides is 1. The highest BCUT2D eigenvalue weighted by Gasteiger charge is 2.24. The Balaban J connectivity index is 1.60. The Morgan fingerprint density at radius 2 is 2.50 bits per heavy atom. The molecule has 2 N–H and O–H groups in total. The Hall–Kier alpha value is -1.01. The van der Waals surface area contributed by atoms with Crippen LogP contribution in [0.15, 0.2) is 12.3 Å². The molecule has 1 aromatic rings. The van der Waals surface area contributed by atoms with E-state index in [1.165, 1.54) is 0 Å². The molecule has 0 saturated carbocycles. The van der Waals surface area contributed by atoms with Gasteiger partial charge in [-0.05, 0) is 31.6 Å². The number of aromatic nitrogens is 2. The topological polar surface area (TPSA) is 59.0 Å². The van der Waals surface area contributed by atoms with Gasteiger partial charge in [0.15, 0.2) is 5.82 Å². The molecule has 18 heavy (non-hydrogen) atoms. The second kappa shape index (κ2) is 5.32. The highest BCUT2D eigenvalue weighted by Crippen LogP contribution is 2.27. The van der Waals surface area contributed by atoms with E-state index < -0.39 is 0 Å². The van der Waals surface area contributed by atoms with Crippen molar-refractivity contribution in [1.29, 1.82) is 0 Å². The second-order valence-electron chi connectivity index (χ2n) is 4.82. The van der Waals surface area contributed by atoms with Gasteiger partial charge < -0.3 is 10.6 Å². The molecule has 3 heterocycles. The summed E-state index contributed by atoms with van der Waals surface area (Å²) in [6, 6.07) is 2.31. The van der Waals surface area contributed by atoms with Gasteiger partial charge in [-0.3, -0.25) is 9.48 Å². The Bertz CT molecular complexity index is 421. The van der Waals surface area contributed by atoms with Gasteiger partial charge in [0.05, 0.1) is 11.3 Å². The number of nitrogens with one attached hydrogen (secondary N) is 2. The van der Waals surface area contributed by atoms with Crippen molar-refractivity contribution < 1.29 is 4.79 Å². The fourth-order valence-electron chi connectivity index (χ4n) is 2.46. The zero-order valence-corrected chi connectivity index (χ0v) is 11.1. The van der Waals surface area contributed by atoms with E-state index in [0.717, 1.165) is 38.1 Å². The van der Waals surface area contributed by atoms with Gasteiger partial charge in [-0.1, -0.05) is 0 Å². The predicted molar refractivity (Wildman–Crippen MR) is 72.9 cm³/mol. The average molecular weight is 266 g/mol. The number of thioether (sulfide) groups is 1. The smallest absolute Gasteiger partial charge is 0.238 e. The minimum Gasteiger partial charge on any atom is -0.315 e. The predicted octanol–water partition coefficient (Wildman–Crippen LogP) is 1.25. The summed E-state index contributed by atoms with van der Waals surface area (Å²) in [5.74, 6) is 1.88. The largest absolute Gasteiger partial charge is 0.315 e. The summed E-state index contributed by atoms with van der Waals surface area (Å²) in [4.78, 5) is 12.0. The minimum absolute atomic E-state index is 0.104. The third-order valence-corrected chi connectivity index (χ3v) is 4.87. The third kappa shape index (κ3) is 2.54. The summed E-state index contributed by atoms with van der Waals surface area (Å²) in [6.45, 7) is 2.01. The van der Waals surface area contributed by atoms with Crippen LogP contribution in [0.25, 0.3) is 0 Å². The number of carbonyl (C=O) groups excluding carboxylic acids is 1. The molecule has 2 fully saturated rings. The van der Waals surface area contributed by atoms with E-state index in [-0.39, 0.29) is 11.2 Å². The summed E-state index contributed by atoms with van der Waals surface area (Å²) in [6.07, 6.45) is 5.19. The van der Waals surface area contributed by atoms with E-state index in [4.69, 9.17) is 0 Å². The molecule has 3 rings (SSSR count). The number of rotatable bonds is 3. The highest BCUT2D eigenvalue weighted by atomic mass is 32.2. The number of carbonyl (C=O) groups is 1. The molecule has 0 radical (unpaired) electrons. The van der Waals surface area contributed by atoms with Crippen LogP contribution in [0.4, 0.5) is 5.82 Å². The molecule has 6 heteroatoms. The quantitative estimate of drug-likeness (QED) is 0.864. The standard InChI is InChI=1S/C12H18N4OS/c17-12(10-2-1-7-18-10)14-11-4-6-16(15-11)9-3-5-13-8-9/h4,6,9-10,13H,1-3,5,7-8H2,(H,14,15,17)/t9-,10-/m0/s1. The first-order chi connectivity index (χ1) is 8.83. The molecular weight excluding hydrogens is 248 g/mol. The Kier molecular flexibility index (Phi) is 3.56. The maximum atomic E-state index is 12.0. The molecule has 2 saturated heterocycles. The third-order valence-electron chi connectivity index (χ3n) is 3.49. The van der Waals surface area contributed by atoms with Gasteiger partial charge in [-0.25, -0.2) is 0 Å². The Morgan fingerprint density at radius 1 is 1.56 bits per heavy atom. The van der Waals surface area contributed by atoms with Crippen LogP contribution in [0.3, 0.4) is 0 Å². The van der Waals surface area contributed by atoms with Crippen molar-refractivity contribution in [2.24, 2.45) is 0 Å². The molecule has 0 aliphatic carbocycles. The SMILES string of the molecule is O=C(Nc1ccn([C@H]2CCNC2)n1)[C@@H]1CCCS1. The molecule has 2 atom stereocenters. The summed E-state index contributed by atoms with van der Waals surface area (Å²) < 4.78 is 1.96. The summed E-state index contributed by atoms with van der Waals surface area (Å²) in [5.41, 5.74) is 0. The molecule has 1 amide bonds. The number of nitrogens with zero attached hydrogens (tertiary/aromatic N) is 2. The molecule has 0 bridgehead atoms. The molecule has 2 aliphatic rings. The van der Waals surface area contributed by atoms with Crippen LogP contribution in [-0.4, -0.2) is 39.8 Å². The zero-order valence-electron chi connectivity index (χ0n) is 10.3. The van der Waals surface area contributed by atoms with Gasteiger partial charge in [0.25, 0.3) is 0 Å².